The minimum Gasteiger partial charge on any atom is -0.348 e. The zero-order valence-corrected chi connectivity index (χ0v) is 25.9. The lowest BCUT2D eigenvalue weighted by atomic mass is 10.1. The number of aromatic nitrogens is 7. The molecule has 1 N–H and O–H groups in total. The molecular formula is C34H27N9O3S. The molecule has 3 heterocycles. The summed E-state index contributed by atoms with van der Waals surface area (Å²) in [7, 11) is 1.75. The molecule has 0 saturated carbocycles. The number of rotatable bonds is 10. The van der Waals surface area contributed by atoms with Gasteiger partial charge in [0.2, 0.25) is 0 Å². The van der Waals surface area contributed by atoms with Gasteiger partial charge < -0.3 is 14.5 Å². The summed E-state index contributed by atoms with van der Waals surface area (Å²) >= 11 is 1.11. The predicted molar refractivity (Wildman–Crippen MR) is 177 cm³/mol. The van der Waals surface area contributed by atoms with Crippen molar-refractivity contribution in [2.45, 2.75) is 23.1 Å². The third kappa shape index (κ3) is 6.11. The van der Waals surface area contributed by atoms with E-state index in [9.17, 15) is 14.9 Å². The van der Waals surface area contributed by atoms with Crippen LogP contribution in [0.4, 0.5) is 5.69 Å². The van der Waals surface area contributed by atoms with Crippen LogP contribution in [0.3, 0.4) is 0 Å². The number of fused-ring (bicyclic) bond motifs is 1. The summed E-state index contributed by atoms with van der Waals surface area (Å²) in [5.74, 6) is -0.440. The summed E-state index contributed by atoms with van der Waals surface area (Å²) in [6.07, 6.45) is 3.40. The summed E-state index contributed by atoms with van der Waals surface area (Å²) in [6.45, 7) is 0.689. The molecule has 0 aliphatic rings. The van der Waals surface area contributed by atoms with Gasteiger partial charge in [0.05, 0.1) is 28.2 Å². The summed E-state index contributed by atoms with van der Waals surface area (Å²) < 4.78 is 5.60. The van der Waals surface area contributed by atoms with Crippen molar-refractivity contribution in [1.29, 1.82) is 0 Å². The molecule has 0 saturated heterocycles. The average Bonchev–Trinajstić information content (AvgIpc) is 3.83. The van der Waals surface area contributed by atoms with E-state index in [4.69, 9.17) is 0 Å². The highest BCUT2D eigenvalue weighted by Gasteiger charge is 2.21. The Morgan fingerprint density at radius 3 is 2.53 bits per heavy atom. The molecule has 7 rings (SSSR count). The minimum atomic E-state index is -0.508. The van der Waals surface area contributed by atoms with Crippen LogP contribution in [0.25, 0.3) is 27.8 Å². The van der Waals surface area contributed by atoms with Crippen LogP contribution in [0.5, 0.6) is 0 Å². The smallest absolute Gasteiger partial charge is 0.284 e. The van der Waals surface area contributed by atoms with Crippen molar-refractivity contribution in [1.82, 2.24) is 39.6 Å². The van der Waals surface area contributed by atoms with Crippen molar-refractivity contribution in [3.63, 3.8) is 0 Å². The molecule has 0 unspecified atom stereocenters. The first-order valence-electron chi connectivity index (χ1n) is 14.7. The molecule has 4 aromatic carbocycles. The Kier molecular flexibility index (Phi) is 8.02. The van der Waals surface area contributed by atoms with Gasteiger partial charge in [0.1, 0.15) is 12.0 Å². The van der Waals surface area contributed by atoms with Gasteiger partial charge in [0.25, 0.3) is 11.6 Å². The van der Waals surface area contributed by atoms with Gasteiger partial charge in [-0.25, -0.2) is 4.68 Å². The van der Waals surface area contributed by atoms with Crippen LogP contribution in [0.1, 0.15) is 21.6 Å². The third-order valence-corrected chi connectivity index (χ3v) is 8.83. The van der Waals surface area contributed by atoms with E-state index in [1.807, 2.05) is 60.8 Å². The van der Waals surface area contributed by atoms with Crippen molar-refractivity contribution in [2.24, 2.45) is 7.05 Å². The molecule has 0 radical (unpaired) electrons. The fraction of sp³-hybridized carbons (Fsp3) is 0.0882. The van der Waals surface area contributed by atoms with Gasteiger partial charge in [0.15, 0.2) is 5.16 Å². The van der Waals surface area contributed by atoms with Crippen molar-refractivity contribution in [3.8, 4) is 16.9 Å². The van der Waals surface area contributed by atoms with Gasteiger partial charge in [-0.3, -0.25) is 14.9 Å². The lowest BCUT2D eigenvalue weighted by Crippen LogP contribution is -2.23. The second-order valence-electron chi connectivity index (χ2n) is 10.8. The number of nitro benzene ring substituents is 1. The first kappa shape index (κ1) is 29.6. The first-order chi connectivity index (χ1) is 22.9. The van der Waals surface area contributed by atoms with E-state index in [0.29, 0.717) is 16.6 Å². The van der Waals surface area contributed by atoms with Crippen molar-refractivity contribution >= 4 is 34.3 Å². The Hall–Kier alpha value is -6.08. The second-order valence-corrected chi connectivity index (χ2v) is 11.8. The lowest BCUT2D eigenvalue weighted by Gasteiger charge is -2.11. The number of nitrogens with zero attached hydrogens (tertiary/aromatic N) is 8. The van der Waals surface area contributed by atoms with E-state index in [0.717, 1.165) is 50.9 Å². The van der Waals surface area contributed by atoms with Crippen LogP contribution < -0.4 is 5.32 Å². The molecule has 13 heteroatoms. The molecule has 232 valence electrons. The highest BCUT2D eigenvalue weighted by molar-refractivity contribution is 7.99. The molecule has 0 fully saturated rings. The van der Waals surface area contributed by atoms with Gasteiger partial charge in [-0.1, -0.05) is 71.9 Å². The Morgan fingerprint density at radius 2 is 1.72 bits per heavy atom. The van der Waals surface area contributed by atoms with E-state index in [2.05, 4.69) is 60.7 Å². The molecule has 0 atom stereocenters. The number of hydrogen-bond donors (Lipinski definition) is 1. The SMILES string of the molecule is Cn1cnnc1Sc1ccc(C(=O)NCc2ccccc2-n2cc(Cn3c(-c4ccccc4)cc4ccccc43)nn2)cc1[N+](=O)[O-]. The van der Waals surface area contributed by atoms with Gasteiger partial charge >= 0.3 is 0 Å². The van der Waals surface area contributed by atoms with Crippen molar-refractivity contribution < 1.29 is 9.72 Å². The minimum absolute atomic E-state index is 0.174. The van der Waals surface area contributed by atoms with Crippen LogP contribution in [0, 0.1) is 10.1 Å². The number of benzene rings is 4. The molecule has 0 aliphatic carbocycles. The molecule has 0 spiro atoms. The molecule has 3 aromatic heterocycles. The lowest BCUT2D eigenvalue weighted by molar-refractivity contribution is -0.387. The maximum absolute atomic E-state index is 13.2. The molecule has 7 aromatic rings. The largest absolute Gasteiger partial charge is 0.348 e. The van der Waals surface area contributed by atoms with Gasteiger partial charge in [-0.15, -0.1) is 15.3 Å². The highest BCUT2D eigenvalue weighted by Crippen LogP contribution is 2.34. The average molecular weight is 642 g/mol. The van der Waals surface area contributed by atoms with Crippen molar-refractivity contribution in [2.75, 3.05) is 0 Å². The van der Waals surface area contributed by atoms with Gasteiger partial charge in [-0.2, -0.15) is 0 Å². The summed E-state index contributed by atoms with van der Waals surface area (Å²) in [5.41, 5.74) is 5.62. The number of nitrogens with one attached hydrogen (secondary N) is 1. The maximum atomic E-state index is 13.2. The monoisotopic (exact) mass is 641 g/mol. The maximum Gasteiger partial charge on any atom is 0.284 e. The molecule has 1 amide bonds. The van der Waals surface area contributed by atoms with E-state index in [-0.39, 0.29) is 17.8 Å². The number of nitro groups is 1. The topological polar surface area (TPSA) is 139 Å². The number of hydrogen-bond acceptors (Lipinski definition) is 8. The van der Waals surface area contributed by atoms with E-state index < -0.39 is 10.8 Å². The van der Waals surface area contributed by atoms with Gasteiger partial charge in [-0.05, 0) is 53.2 Å². The predicted octanol–water partition coefficient (Wildman–Crippen LogP) is 6.06. The fourth-order valence-corrected chi connectivity index (χ4v) is 6.24. The Balaban J connectivity index is 1.10. The Labute approximate surface area is 272 Å². The Morgan fingerprint density at radius 1 is 0.936 bits per heavy atom. The first-order valence-corrected chi connectivity index (χ1v) is 15.5. The second kappa shape index (κ2) is 12.7. The number of carbonyl (C=O) groups is 1. The normalized spacial score (nSPS) is 11.2. The van der Waals surface area contributed by atoms with E-state index >= 15 is 0 Å². The quantitative estimate of drug-likeness (QED) is 0.141. The Bertz CT molecular complexity index is 2240. The van der Waals surface area contributed by atoms with Gasteiger partial charge in [0, 0.05) is 41.8 Å². The number of para-hydroxylation sites is 2. The zero-order chi connectivity index (χ0) is 32.3. The molecule has 12 nitrogen and oxygen atoms in total. The summed E-state index contributed by atoms with van der Waals surface area (Å²) in [5, 5.41) is 33.1. The van der Waals surface area contributed by atoms with E-state index in [1.54, 1.807) is 28.4 Å². The van der Waals surface area contributed by atoms with E-state index in [1.165, 1.54) is 12.4 Å². The van der Waals surface area contributed by atoms with Crippen LogP contribution >= 0.6 is 11.8 Å². The van der Waals surface area contributed by atoms with Crippen LogP contribution in [0.2, 0.25) is 0 Å². The molecule has 0 bridgehead atoms. The summed E-state index contributed by atoms with van der Waals surface area (Å²) in [6, 6.07) is 32.7. The van der Waals surface area contributed by atoms with Crippen LogP contribution in [-0.4, -0.2) is 45.2 Å². The number of amides is 1. The van der Waals surface area contributed by atoms with Crippen LogP contribution in [0.15, 0.2) is 126 Å². The fourth-order valence-electron chi connectivity index (χ4n) is 5.39. The molecule has 0 aliphatic heterocycles. The number of aryl methyl sites for hydroxylation is 1. The van der Waals surface area contributed by atoms with Crippen LogP contribution in [-0.2, 0) is 20.1 Å². The highest BCUT2D eigenvalue weighted by atomic mass is 32.2. The summed E-state index contributed by atoms with van der Waals surface area (Å²) in [4.78, 5) is 24.9. The molecular weight excluding hydrogens is 615 g/mol. The zero-order valence-electron chi connectivity index (χ0n) is 25.1. The molecule has 47 heavy (non-hydrogen) atoms. The standard InChI is InChI=1S/C34H27N9O3S/c1-40-22-36-38-34(40)47-32-16-15-25(18-31(32)43(45)46)33(44)35-19-26-12-6-8-14-29(26)42-21-27(37-39-42)20-41-28-13-7-5-11-24(28)17-30(41)23-9-3-2-4-10-23/h2-18,21-22H,19-20H2,1H3,(H,35,44). The number of carbonyl (C=O) groups excluding carboxylic acids is 1. The van der Waals surface area contributed by atoms with Crippen molar-refractivity contribution in [3.05, 3.63) is 143 Å². The third-order valence-electron chi connectivity index (χ3n) is 7.71.